The molecule has 0 amide bonds. The lowest BCUT2D eigenvalue weighted by Crippen LogP contribution is -2.13. The molecule has 0 aromatic heterocycles. The van der Waals surface area contributed by atoms with Gasteiger partial charge < -0.3 is 10.1 Å². The van der Waals surface area contributed by atoms with Gasteiger partial charge in [0.25, 0.3) is 10.0 Å². The Balaban J connectivity index is 1.50. The van der Waals surface area contributed by atoms with Gasteiger partial charge in [0.2, 0.25) is 0 Å². The summed E-state index contributed by atoms with van der Waals surface area (Å²) >= 11 is 0. The van der Waals surface area contributed by atoms with E-state index in [2.05, 4.69) is 9.71 Å². The summed E-state index contributed by atoms with van der Waals surface area (Å²) in [6.45, 7) is 0. The van der Waals surface area contributed by atoms with Gasteiger partial charge in [0.1, 0.15) is 10.6 Å². The van der Waals surface area contributed by atoms with Crippen molar-refractivity contribution < 1.29 is 17.9 Å². The standard InChI is InChI=1S/C21H16N2O4S/c24-20(13-15-7-2-1-3-8-15)27-17-10-6-9-16(14-17)22-21-18-11-4-5-12-19(18)28(25,26)23-21/h1-12,14H,13H2,(H,22,23). The first-order valence-electron chi connectivity index (χ1n) is 8.57. The van der Waals surface area contributed by atoms with Gasteiger partial charge in [-0.3, -0.25) is 4.79 Å². The maximum Gasteiger partial charge on any atom is 0.315 e. The number of carbonyl (C=O) groups excluding carboxylic acids is 1. The topological polar surface area (TPSA) is 84.8 Å². The highest BCUT2D eigenvalue weighted by atomic mass is 32.2. The number of hydrogen-bond donors (Lipinski definition) is 1. The minimum absolute atomic E-state index is 0.164. The number of sulfonamides is 1. The number of fused-ring (bicyclic) bond motifs is 1. The fraction of sp³-hybridized carbons (Fsp3) is 0.0476. The second kappa shape index (κ2) is 7.28. The fourth-order valence-electron chi connectivity index (χ4n) is 2.90. The van der Waals surface area contributed by atoms with Crippen LogP contribution in [0.2, 0.25) is 0 Å². The molecule has 6 nitrogen and oxygen atoms in total. The summed E-state index contributed by atoms with van der Waals surface area (Å²) in [7, 11) is -3.70. The zero-order chi connectivity index (χ0) is 19.6. The zero-order valence-electron chi connectivity index (χ0n) is 14.7. The molecule has 0 saturated carbocycles. The highest BCUT2D eigenvalue weighted by molar-refractivity contribution is 7.90. The maximum absolute atomic E-state index is 12.1. The lowest BCUT2D eigenvalue weighted by molar-refractivity contribution is -0.133. The van der Waals surface area contributed by atoms with Gasteiger partial charge in [0, 0.05) is 17.3 Å². The summed E-state index contributed by atoms with van der Waals surface area (Å²) in [5, 5.41) is 3.00. The first kappa shape index (κ1) is 17.9. The van der Waals surface area contributed by atoms with Crippen LogP contribution in [0.25, 0.3) is 0 Å². The van der Waals surface area contributed by atoms with Gasteiger partial charge in [-0.15, -0.1) is 4.40 Å². The molecule has 28 heavy (non-hydrogen) atoms. The van der Waals surface area contributed by atoms with Crippen LogP contribution < -0.4 is 10.1 Å². The molecule has 0 radical (unpaired) electrons. The van der Waals surface area contributed by atoms with E-state index in [9.17, 15) is 13.2 Å². The van der Waals surface area contributed by atoms with Gasteiger partial charge in [-0.05, 0) is 29.8 Å². The van der Waals surface area contributed by atoms with E-state index in [1.807, 2.05) is 30.3 Å². The van der Waals surface area contributed by atoms with Crippen LogP contribution in [0.1, 0.15) is 11.1 Å². The Morgan fingerprint density at radius 1 is 0.929 bits per heavy atom. The Bertz CT molecular complexity index is 1170. The Labute approximate surface area is 162 Å². The van der Waals surface area contributed by atoms with Crippen LogP contribution in [0, 0.1) is 0 Å². The van der Waals surface area contributed by atoms with Crippen molar-refractivity contribution >= 4 is 27.5 Å². The molecule has 1 aliphatic heterocycles. The molecule has 7 heteroatoms. The number of nitrogens with zero attached hydrogens (tertiary/aromatic N) is 1. The monoisotopic (exact) mass is 392 g/mol. The number of benzene rings is 3. The summed E-state index contributed by atoms with van der Waals surface area (Å²) in [4.78, 5) is 12.3. The quantitative estimate of drug-likeness (QED) is 0.543. The van der Waals surface area contributed by atoms with Gasteiger partial charge in [-0.2, -0.15) is 8.42 Å². The van der Waals surface area contributed by atoms with Crippen molar-refractivity contribution in [1.82, 2.24) is 0 Å². The van der Waals surface area contributed by atoms with E-state index in [-0.39, 0.29) is 23.1 Å². The minimum atomic E-state index is -3.70. The summed E-state index contributed by atoms with van der Waals surface area (Å²) in [6.07, 6.45) is 0.164. The minimum Gasteiger partial charge on any atom is -0.426 e. The average Bonchev–Trinajstić information content (AvgIpc) is 2.93. The van der Waals surface area contributed by atoms with Gasteiger partial charge in [-0.25, -0.2) is 0 Å². The molecule has 0 fully saturated rings. The van der Waals surface area contributed by atoms with Gasteiger partial charge >= 0.3 is 5.97 Å². The second-order valence-corrected chi connectivity index (χ2v) is 7.77. The molecule has 1 aliphatic rings. The largest absolute Gasteiger partial charge is 0.426 e. The van der Waals surface area contributed by atoms with Crippen molar-refractivity contribution in [2.75, 3.05) is 5.32 Å². The van der Waals surface area contributed by atoms with Gasteiger partial charge in [0.05, 0.1) is 6.42 Å². The maximum atomic E-state index is 12.1. The lowest BCUT2D eigenvalue weighted by atomic mass is 10.1. The van der Waals surface area contributed by atoms with Crippen molar-refractivity contribution in [2.45, 2.75) is 11.3 Å². The Morgan fingerprint density at radius 2 is 1.68 bits per heavy atom. The van der Waals surface area contributed by atoms with E-state index in [0.717, 1.165) is 5.56 Å². The molecule has 0 bridgehead atoms. The first-order chi connectivity index (χ1) is 13.5. The third-order valence-corrected chi connectivity index (χ3v) is 5.49. The van der Waals surface area contributed by atoms with Gasteiger partial charge in [0.15, 0.2) is 5.84 Å². The molecule has 4 rings (SSSR count). The van der Waals surface area contributed by atoms with E-state index in [0.29, 0.717) is 17.0 Å². The van der Waals surface area contributed by atoms with Crippen molar-refractivity contribution in [3.63, 3.8) is 0 Å². The van der Waals surface area contributed by atoms with Crippen molar-refractivity contribution in [1.29, 1.82) is 0 Å². The van der Waals surface area contributed by atoms with Crippen LogP contribution in [0.3, 0.4) is 0 Å². The zero-order valence-corrected chi connectivity index (χ0v) is 15.5. The van der Waals surface area contributed by atoms with Crippen LogP contribution in [0.5, 0.6) is 5.75 Å². The average molecular weight is 392 g/mol. The fourth-order valence-corrected chi connectivity index (χ4v) is 4.08. The molecule has 0 spiro atoms. The number of ether oxygens (including phenoxy) is 1. The molecule has 0 unspecified atom stereocenters. The number of carbonyl (C=O) groups is 1. The molecule has 3 aromatic rings. The van der Waals surface area contributed by atoms with E-state index in [1.165, 1.54) is 6.07 Å². The summed E-state index contributed by atoms with van der Waals surface area (Å²) in [5.74, 6) is 0.221. The second-order valence-electron chi connectivity index (χ2n) is 6.20. The molecule has 3 aromatic carbocycles. The van der Waals surface area contributed by atoms with Crippen molar-refractivity contribution in [3.8, 4) is 5.75 Å². The molecule has 0 aliphatic carbocycles. The van der Waals surface area contributed by atoms with Crippen molar-refractivity contribution in [2.24, 2.45) is 4.40 Å². The normalized spacial score (nSPS) is 14.1. The highest BCUT2D eigenvalue weighted by Crippen LogP contribution is 2.27. The summed E-state index contributed by atoms with van der Waals surface area (Å²) in [5.41, 5.74) is 1.94. The lowest BCUT2D eigenvalue weighted by Gasteiger charge is -2.09. The van der Waals surface area contributed by atoms with Crippen molar-refractivity contribution in [3.05, 3.63) is 90.0 Å². The van der Waals surface area contributed by atoms with Crippen LogP contribution >= 0.6 is 0 Å². The highest BCUT2D eigenvalue weighted by Gasteiger charge is 2.28. The number of anilines is 1. The molecule has 0 saturated heterocycles. The van der Waals surface area contributed by atoms with Crippen LogP contribution in [-0.4, -0.2) is 20.2 Å². The molecule has 1 heterocycles. The van der Waals surface area contributed by atoms with E-state index in [4.69, 9.17) is 4.74 Å². The van der Waals surface area contributed by atoms with Crippen LogP contribution in [-0.2, 0) is 21.2 Å². The Kier molecular flexibility index (Phi) is 4.67. The molecular formula is C21H16N2O4S. The Hall–Kier alpha value is -3.45. The third kappa shape index (κ3) is 3.79. The molecular weight excluding hydrogens is 376 g/mol. The summed E-state index contributed by atoms with van der Waals surface area (Å²) < 4.78 is 33.5. The number of nitrogens with one attached hydrogen (secondary N) is 1. The SMILES string of the molecule is O=C(Cc1ccccc1)Oc1cccc(NC2=NS(=O)(=O)c3ccccc32)c1. The van der Waals surface area contributed by atoms with E-state index < -0.39 is 10.0 Å². The van der Waals surface area contributed by atoms with E-state index >= 15 is 0 Å². The van der Waals surface area contributed by atoms with Gasteiger partial charge in [-0.1, -0.05) is 48.5 Å². The number of hydrogen-bond acceptors (Lipinski definition) is 5. The molecule has 0 atom stereocenters. The smallest absolute Gasteiger partial charge is 0.315 e. The summed E-state index contributed by atoms with van der Waals surface area (Å²) in [6, 6.07) is 22.7. The number of amidine groups is 1. The first-order valence-corrected chi connectivity index (χ1v) is 10.0. The number of esters is 1. The third-order valence-electron chi connectivity index (χ3n) is 4.15. The Morgan fingerprint density at radius 3 is 2.50 bits per heavy atom. The predicted octanol–water partition coefficient (Wildman–Crippen LogP) is 3.40. The molecule has 1 N–H and O–H groups in total. The van der Waals surface area contributed by atoms with Crippen LogP contribution in [0.4, 0.5) is 5.69 Å². The predicted molar refractivity (Wildman–Crippen MR) is 106 cm³/mol. The van der Waals surface area contributed by atoms with E-state index in [1.54, 1.807) is 42.5 Å². The van der Waals surface area contributed by atoms with Crippen LogP contribution in [0.15, 0.2) is 88.2 Å². The number of rotatable bonds is 4. The molecule has 140 valence electrons.